The lowest BCUT2D eigenvalue weighted by Crippen LogP contribution is -2.53. The maximum absolute atomic E-state index is 12.7. The molecule has 41 heavy (non-hydrogen) atoms. The minimum atomic E-state index is -0.450. The molecular formula is C28H34ClN9O3. The first-order valence-corrected chi connectivity index (χ1v) is 14.0. The van der Waals surface area contributed by atoms with Crippen molar-refractivity contribution in [3.8, 4) is 0 Å². The SMILES string of the molecule is N[C@@H]1C[C@H](N)CN(c2nc(Nc3ccc(C(=O)CC(=O)Nc4ccccc4Cl)cc3)nc(N3CCC[C@@H](O)C3)n2)C1. The van der Waals surface area contributed by atoms with Gasteiger partial charge >= 0.3 is 0 Å². The summed E-state index contributed by atoms with van der Waals surface area (Å²) in [4.78, 5) is 43.0. The molecule has 13 heteroatoms. The standard InChI is InChI=1S/C28H34ClN9O3/c29-22-5-1-2-6-23(22)33-25(41)13-24(40)17-7-9-20(10-8-17)32-26-34-27(37-11-3-4-21(39)16-37)36-28(35-26)38-14-18(30)12-19(31)15-38/h1-2,5-10,18-19,21,39H,3-4,11-16,30-31H2,(H,33,41)(H,32,34,35,36)/t18-,19+,21-/m1/s1. The van der Waals surface area contributed by atoms with Crippen LogP contribution in [0.5, 0.6) is 0 Å². The molecule has 1 aromatic heterocycles. The van der Waals surface area contributed by atoms with E-state index in [9.17, 15) is 14.7 Å². The van der Waals surface area contributed by atoms with Gasteiger partial charge in [-0.25, -0.2) is 0 Å². The third-order valence-corrected chi connectivity index (χ3v) is 7.35. The second-order valence-corrected chi connectivity index (χ2v) is 10.9. The Balaban J connectivity index is 1.30. The number of carbonyl (C=O) groups is 2. The minimum Gasteiger partial charge on any atom is -0.391 e. The van der Waals surface area contributed by atoms with Gasteiger partial charge in [0, 0.05) is 49.5 Å². The van der Waals surface area contributed by atoms with Crippen molar-refractivity contribution in [3.05, 3.63) is 59.1 Å². The van der Waals surface area contributed by atoms with E-state index in [1.54, 1.807) is 48.5 Å². The van der Waals surface area contributed by atoms with Crippen LogP contribution in [0.1, 0.15) is 36.0 Å². The van der Waals surface area contributed by atoms with E-state index in [-0.39, 0.29) is 24.3 Å². The van der Waals surface area contributed by atoms with Crippen LogP contribution < -0.4 is 31.9 Å². The van der Waals surface area contributed by atoms with Gasteiger partial charge in [0.25, 0.3) is 0 Å². The Labute approximate surface area is 243 Å². The molecule has 2 saturated heterocycles. The predicted octanol–water partition coefficient (Wildman–Crippen LogP) is 2.31. The molecule has 1 amide bonds. The fourth-order valence-electron chi connectivity index (χ4n) is 5.04. The monoisotopic (exact) mass is 579 g/mol. The van der Waals surface area contributed by atoms with Gasteiger partial charge in [-0.15, -0.1) is 0 Å². The number of Topliss-reactive ketones (excluding diaryl/α,β-unsaturated/α-hetero) is 1. The smallest absolute Gasteiger partial charge is 0.233 e. The molecule has 0 saturated carbocycles. The third-order valence-electron chi connectivity index (χ3n) is 7.02. The van der Waals surface area contributed by atoms with Crippen molar-refractivity contribution in [2.24, 2.45) is 11.5 Å². The van der Waals surface area contributed by atoms with E-state index in [2.05, 4.69) is 20.6 Å². The van der Waals surface area contributed by atoms with Crippen LogP contribution in [0.15, 0.2) is 48.5 Å². The Hall–Kier alpha value is -3.84. The average Bonchev–Trinajstić information content (AvgIpc) is 2.94. The van der Waals surface area contributed by atoms with Crippen LogP contribution in [0.3, 0.4) is 0 Å². The number of rotatable bonds is 8. The zero-order valence-corrected chi connectivity index (χ0v) is 23.3. The second-order valence-electron chi connectivity index (χ2n) is 10.5. The first kappa shape index (κ1) is 28.7. The molecule has 2 aliphatic rings. The van der Waals surface area contributed by atoms with Gasteiger partial charge in [-0.05, 0) is 55.7 Å². The van der Waals surface area contributed by atoms with E-state index in [1.807, 2.05) is 9.80 Å². The lowest BCUT2D eigenvalue weighted by atomic mass is 10.0. The number of amides is 1. The lowest BCUT2D eigenvalue weighted by molar-refractivity contribution is -0.115. The molecule has 2 aliphatic heterocycles. The van der Waals surface area contributed by atoms with E-state index in [1.165, 1.54) is 0 Å². The number of carbonyl (C=O) groups excluding carboxylic acids is 2. The van der Waals surface area contributed by atoms with E-state index in [4.69, 9.17) is 28.1 Å². The summed E-state index contributed by atoms with van der Waals surface area (Å²) in [5.74, 6) is 0.457. The van der Waals surface area contributed by atoms with Crippen molar-refractivity contribution in [1.29, 1.82) is 0 Å². The minimum absolute atomic E-state index is 0.0935. The number of aliphatic hydroxyl groups is 1. The molecule has 0 spiro atoms. The Morgan fingerprint density at radius 2 is 1.63 bits per heavy atom. The molecule has 0 unspecified atom stereocenters. The highest BCUT2D eigenvalue weighted by atomic mass is 35.5. The van der Waals surface area contributed by atoms with Crippen LogP contribution in [0.2, 0.25) is 5.02 Å². The number of anilines is 5. The maximum Gasteiger partial charge on any atom is 0.233 e. The van der Waals surface area contributed by atoms with Gasteiger partial charge in [0.1, 0.15) is 0 Å². The summed E-state index contributed by atoms with van der Waals surface area (Å²) in [6.45, 7) is 2.29. The molecule has 216 valence electrons. The van der Waals surface area contributed by atoms with Crippen molar-refractivity contribution in [2.45, 2.75) is 43.9 Å². The summed E-state index contributed by atoms with van der Waals surface area (Å²) in [5.41, 5.74) is 13.9. The van der Waals surface area contributed by atoms with Gasteiger partial charge < -0.3 is 37.0 Å². The second kappa shape index (κ2) is 12.8. The molecule has 5 rings (SSSR count). The van der Waals surface area contributed by atoms with Crippen LogP contribution in [-0.4, -0.2) is 76.1 Å². The van der Waals surface area contributed by atoms with Crippen LogP contribution in [0, 0.1) is 0 Å². The number of benzene rings is 2. The summed E-state index contributed by atoms with van der Waals surface area (Å²) in [6.07, 6.45) is 1.53. The summed E-state index contributed by atoms with van der Waals surface area (Å²) >= 11 is 6.08. The number of nitrogens with one attached hydrogen (secondary N) is 2. The zero-order chi connectivity index (χ0) is 28.9. The molecule has 3 atom stereocenters. The van der Waals surface area contributed by atoms with Gasteiger partial charge in [0.05, 0.1) is 23.2 Å². The van der Waals surface area contributed by atoms with Gasteiger partial charge in [-0.1, -0.05) is 23.7 Å². The van der Waals surface area contributed by atoms with Crippen molar-refractivity contribution >= 4 is 52.5 Å². The van der Waals surface area contributed by atoms with Crippen LogP contribution >= 0.6 is 11.6 Å². The Bertz CT molecular complexity index is 1380. The number of halogens is 1. The Kier molecular flexibility index (Phi) is 8.93. The lowest BCUT2D eigenvalue weighted by Gasteiger charge is -2.35. The Morgan fingerprint density at radius 3 is 2.32 bits per heavy atom. The third kappa shape index (κ3) is 7.47. The topological polar surface area (TPSA) is 176 Å². The molecular weight excluding hydrogens is 546 g/mol. The molecule has 2 aromatic carbocycles. The fraction of sp³-hybridized carbons (Fsp3) is 0.393. The molecule has 0 bridgehead atoms. The molecule has 2 fully saturated rings. The molecule has 3 aromatic rings. The number of aromatic nitrogens is 3. The summed E-state index contributed by atoms with van der Waals surface area (Å²) in [7, 11) is 0. The number of para-hydroxylation sites is 1. The van der Waals surface area contributed by atoms with Gasteiger partial charge in [-0.2, -0.15) is 15.0 Å². The van der Waals surface area contributed by atoms with E-state index < -0.39 is 12.0 Å². The first-order valence-electron chi connectivity index (χ1n) is 13.6. The number of piperidine rings is 2. The van der Waals surface area contributed by atoms with Crippen molar-refractivity contribution < 1.29 is 14.7 Å². The van der Waals surface area contributed by atoms with Crippen LogP contribution in [0.4, 0.5) is 29.2 Å². The van der Waals surface area contributed by atoms with Gasteiger partial charge in [0.15, 0.2) is 5.78 Å². The van der Waals surface area contributed by atoms with E-state index >= 15 is 0 Å². The van der Waals surface area contributed by atoms with Crippen molar-refractivity contribution in [1.82, 2.24) is 15.0 Å². The number of hydrogen-bond donors (Lipinski definition) is 5. The number of β-amino-alcohol motifs (C(OH)–C–C–N with tert-alkyl or cyclic N) is 1. The molecule has 7 N–H and O–H groups in total. The van der Waals surface area contributed by atoms with E-state index in [0.717, 1.165) is 25.8 Å². The highest BCUT2D eigenvalue weighted by molar-refractivity contribution is 6.33. The van der Waals surface area contributed by atoms with Crippen LogP contribution in [-0.2, 0) is 4.79 Å². The van der Waals surface area contributed by atoms with Crippen molar-refractivity contribution in [3.63, 3.8) is 0 Å². The normalized spacial score (nSPS) is 20.9. The summed E-state index contributed by atoms with van der Waals surface area (Å²) in [5, 5.41) is 16.5. The summed E-state index contributed by atoms with van der Waals surface area (Å²) in [6, 6.07) is 13.4. The Morgan fingerprint density at radius 1 is 0.951 bits per heavy atom. The number of hydrogen-bond acceptors (Lipinski definition) is 11. The summed E-state index contributed by atoms with van der Waals surface area (Å²) < 4.78 is 0. The largest absolute Gasteiger partial charge is 0.391 e. The first-order chi connectivity index (χ1) is 19.7. The molecule has 0 aliphatic carbocycles. The highest BCUT2D eigenvalue weighted by Crippen LogP contribution is 2.25. The number of aliphatic hydroxyl groups excluding tert-OH is 1. The number of ketones is 1. The fourth-order valence-corrected chi connectivity index (χ4v) is 5.23. The van der Waals surface area contributed by atoms with Crippen LogP contribution in [0.25, 0.3) is 0 Å². The maximum atomic E-state index is 12.7. The van der Waals surface area contributed by atoms with Gasteiger partial charge in [0.2, 0.25) is 23.8 Å². The molecule has 12 nitrogen and oxygen atoms in total. The van der Waals surface area contributed by atoms with E-state index in [0.29, 0.717) is 59.4 Å². The van der Waals surface area contributed by atoms with Crippen molar-refractivity contribution in [2.75, 3.05) is 46.6 Å². The zero-order valence-electron chi connectivity index (χ0n) is 22.5. The molecule has 3 heterocycles. The quantitative estimate of drug-likeness (QED) is 0.195. The molecule has 0 radical (unpaired) electrons. The number of nitrogens with two attached hydrogens (primary N) is 2. The number of nitrogens with zero attached hydrogens (tertiary/aromatic N) is 5. The predicted molar refractivity (Wildman–Crippen MR) is 159 cm³/mol. The highest BCUT2D eigenvalue weighted by Gasteiger charge is 2.27. The van der Waals surface area contributed by atoms with Gasteiger partial charge in [-0.3, -0.25) is 9.59 Å². The average molecular weight is 580 g/mol.